The predicted octanol–water partition coefficient (Wildman–Crippen LogP) is 0.876. The van der Waals surface area contributed by atoms with Gasteiger partial charge in [0.25, 0.3) is 0 Å². The Hall–Kier alpha value is -0.910. The maximum atomic E-state index is 5.59. The molecule has 0 aromatic carbocycles. The summed E-state index contributed by atoms with van der Waals surface area (Å²) in [5.74, 6) is 0. The molecule has 96 valence electrons. The van der Waals surface area contributed by atoms with Gasteiger partial charge in [-0.1, -0.05) is 0 Å². The molecule has 2 heterocycles. The summed E-state index contributed by atoms with van der Waals surface area (Å²) in [7, 11) is 3.71. The fraction of sp³-hybridized carbons (Fsp3) is 0.750. The molecule has 0 aliphatic carbocycles. The third-order valence-electron chi connectivity index (χ3n) is 3.53. The molecule has 17 heavy (non-hydrogen) atoms. The van der Waals surface area contributed by atoms with Gasteiger partial charge in [-0.3, -0.25) is 4.68 Å². The van der Waals surface area contributed by atoms with E-state index in [2.05, 4.69) is 17.3 Å². The standard InChI is InChI=1S/C12H21N3O2/c1-10(11-4-6-14-15(11)2)13-8-12(16-3)5-7-17-9-12/h4,6,10,13H,5,7-9H2,1-3H3. The third kappa shape index (κ3) is 2.68. The first-order chi connectivity index (χ1) is 8.17. The summed E-state index contributed by atoms with van der Waals surface area (Å²) < 4.78 is 12.9. The van der Waals surface area contributed by atoms with E-state index >= 15 is 0 Å². The molecule has 1 aromatic rings. The lowest BCUT2D eigenvalue weighted by molar-refractivity contribution is -0.0173. The van der Waals surface area contributed by atoms with E-state index in [1.54, 1.807) is 7.11 Å². The first kappa shape index (κ1) is 12.5. The van der Waals surface area contributed by atoms with Crippen LogP contribution >= 0.6 is 0 Å². The number of rotatable bonds is 5. The van der Waals surface area contributed by atoms with Crippen LogP contribution in [0.1, 0.15) is 25.1 Å². The van der Waals surface area contributed by atoms with E-state index in [1.165, 1.54) is 5.69 Å². The Bertz CT molecular complexity index is 358. The lowest BCUT2D eigenvalue weighted by atomic mass is 10.0. The molecule has 0 saturated carbocycles. The molecule has 1 aliphatic heterocycles. The van der Waals surface area contributed by atoms with Crippen LogP contribution in [0, 0.1) is 0 Å². The fourth-order valence-electron chi connectivity index (χ4n) is 2.21. The first-order valence-corrected chi connectivity index (χ1v) is 6.01. The Morgan fingerprint density at radius 3 is 3.06 bits per heavy atom. The highest BCUT2D eigenvalue weighted by Gasteiger charge is 2.35. The second-order valence-corrected chi connectivity index (χ2v) is 4.67. The SMILES string of the molecule is COC1(CNC(C)c2ccnn2C)CCOC1. The third-order valence-corrected chi connectivity index (χ3v) is 3.53. The first-order valence-electron chi connectivity index (χ1n) is 6.01. The summed E-state index contributed by atoms with van der Waals surface area (Å²) in [5, 5.41) is 7.67. The topological polar surface area (TPSA) is 48.3 Å². The summed E-state index contributed by atoms with van der Waals surface area (Å²) in [6, 6.07) is 2.29. The van der Waals surface area contributed by atoms with Crippen molar-refractivity contribution in [2.75, 3.05) is 26.9 Å². The summed E-state index contributed by atoms with van der Waals surface area (Å²) in [5.41, 5.74) is 1.02. The Morgan fingerprint density at radius 1 is 1.71 bits per heavy atom. The number of aryl methyl sites for hydroxylation is 1. The number of aromatic nitrogens is 2. The van der Waals surface area contributed by atoms with Crippen LogP contribution in [-0.2, 0) is 16.5 Å². The monoisotopic (exact) mass is 239 g/mol. The zero-order valence-electron chi connectivity index (χ0n) is 10.8. The zero-order valence-corrected chi connectivity index (χ0v) is 10.8. The van der Waals surface area contributed by atoms with Crippen LogP contribution in [0.5, 0.6) is 0 Å². The van der Waals surface area contributed by atoms with Gasteiger partial charge in [0.2, 0.25) is 0 Å². The van der Waals surface area contributed by atoms with Crippen LogP contribution in [-0.4, -0.2) is 42.2 Å². The summed E-state index contributed by atoms with van der Waals surface area (Å²) in [6.07, 6.45) is 2.77. The largest absolute Gasteiger partial charge is 0.378 e. The highest BCUT2D eigenvalue weighted by molar-refractivity contribution is 5.05. The van der Waals surface area contributed by atoms with Crippen LogP contribution < -0.4 is 5.32 Å². The molecule has 2 atom stereocenters. The molecular formula is C12H21N3O2. The van der Waals surface area contributed by atoms with Crippen LogP contribution in [0.3, 0.4) is 0 Å². The maximum Gasteiger partial charge on any atom is 0.106 e. The van der Waals surface area contributed by atoms with Crippen LogP contribution in [0.15, 0.2) is 12.3 Å². The minimum Gasteiger partial charge on any atom is -0.378 e. The molecule has 1 saturated heterocycles. The highest BCUT2D eigenvalue weighted by Crippen LogP contribution is 2.22. The van der Waals surface area contributed by atoms with Gasteiger partial charge in [-0.05, 0) is 13.0 Å². The van der Waals surface area contributed by atoms with Crippen molar-refractivity contribution in [2.24, 2.45) is 7.05 Å². The Balaban J connectivity index is 1.91. The smallest absolute Gasteiger partial charge is 0.106 e. The minimum absolute atomic E-state index is 0.160. The van der Waals surface area contributed by atoms with Gasteiger partial charge in [0.1, 0.15) is 5.60 Å². The van der Waals surface area contributed by atoms with Crippen molar-refractivity contribution in [3.8, 4) is 0 Å². The molecule has 5 nitrogen and oxygen atoms in total. The van der Waals surface area contributed by atoms with Crippen LogP contribution in [0.2, 0.25) is 0 Å². The van der Waals surface area contributed by atoms with Gasteiger partial charge in [0.15, 0.2) is 0 Å². The van der Waals surface area contributed by atoms with Gasteiger partial charge in [-0.2, -0.15) is 5.10 Å². The van der Waals surface area contributed by atoms with Crippen LogP contribution in [0.25, 0.3) is 0 Å². The number of nitrogens with zero attached hydrogens (tertiary/aromatic N) is 2. The number of hydrogen-bond acceptors (Lipinski definition) is 4. The van der Waals surface area contributed by atoms with E-state index in [0.29, 0.717) is 6.61 Å². The number of methoxy groups -OCH3 is 1. The quantitative estimate of drug-likeness (QED) is 0.828. The van der Waals surface area contributed by atoms with Crippen molar-refractivity contribution >= 4 is 0 Å². The average molecular weight is 239 g/mol. The summed E-state index contributed by atoms with van der Waals surface area (Å²) in [4.78, 5) is 0. The minimum atomic E-state index is -0.160. The van der Waals surface area contributed by atoms with Crippen LogP contribution in [0.4, 0.5) is 0 Å². The van der Waals surface area contributed by atoms with Crippen molar-refractivity contribution in [3.05, 3.63) is 18.0 Å². The molecule has 0 bridgehead atoms. The molecule has 2 rings (SSSR count). The van der Waals surface area contributed by atoms with Gasteiger partial charge in [-0.15, -0.1) is 0 Å². The predicted molar refractivity (Wildman–Crippen MR) is 64.8 cm³/mol. The molecule has 1 aromatic heterocycles. The van der Waals surface area contributed by atoms with Gasteiger partial charge in [-0.25, -0.2) is 0 Å². The van der Waals surface area contributed by atoms with Gasteiger partial charge in [0.05, 0.1) is 12.3 Å². The molecular weight excluding hydrogens is 218 g/mol. The summed E-state index contributed by atoms with van der Waals surface area (Å²) in [6.45, 7) is 4.40. The lowest BCUT2D eigenvalue weighted by Gasteiger charge is -2.28. The van der Waals surface area contributed by atoms with E-state index in [9.17, 15) is 0 Å². The molecule has 2 unspecified atom stereocenters. The van der Waals surface area contributed by atoms with Gasteiger partial charge < -0.3 is 14.8 Å². The van der Waals surface area contributed by atoms with Gasteiger partial charge in [0, 0.05) is 46.0 Å². The molecule has 1 aliphatic rings. The van der Waals surface area contributed by atoms with Crippen molar-refractivity contribution in [1.29, 1.82) is 0 Å². The molecule has 1 N–H and O–H groups in total. The highest BCUT2D eigenvalue weighted by atomic mass is 16.5. The molecule has 1 fully saturated rings. The second kappa shape index (κ2) is 5.16. The Labute approximate surface area is 102 Å². The number of nitrogens with one attached hydrogen (secondary N) is 1. The molecule has 0 amide bonds. The van der Waals surface area contributed by atoms with E-state index in [0.717, 1.165) is 19.6 Å². The van der Waals surface area contributed by atoms with E-state index in [-0.39, 0.29) is 11.6 Å². The van der Waals surface area contributed by atoms with E-state index in [4.69, 9.17) is 9.47 Å². The van der Waals surface area contributed by atoms with Crippen molar-refractivity contribution in [1.82, 2.24) is 15.1 Å². The Morgan fingerprint density at radius 2 is 2.53 bits per heavy atom. The molecule has 0 spiro atoms. The molecule has 0 radical (unpaired) electrons. The lowest BCUT2D eigenvalue weighted by Crippen LogP contribution is -2.43. The van der Waals surface area contributed by atoms with E-state index in [1.807, 2.05) is 24.0 Å². The van der Waals surface area contributed by atoms with Gasteiger partial charge >= 0.3 is 0 Å². The second-order valence-electron chi connectivity index (χ2n) is 4.67. The number of ether oxygens (including phenoxy) is 2. The average Bonchev–Trinajstić information content (AvgIpc) is 2.95. The van der Waals surface area contributed by atoms with Crippen molar-refractivity contribution < 1.29 is 9.47 Å². The maximum absolute atomic E-state index is 5.59. The zero-order chi connectivity index (χ0) is 12.3. The van der Waals surface area contributed by atoms with E-state index < -0.39 is 0 Å². The van der Waals surface area contributed by atoms with Crippen molar-refractivity contribution in [2.45, 2.75) is 25.0 Å². The normalized spacial score (nSPS) is 26.3. The number of hydrogen-bond donors (Lipinski definition) is 1. The summed E-state index contributed by atoms with van der Waals surface area (Å²) >= 11 is 0. The molecule has 5 heteroatoms. The van der Waals surface area contributed by atoms with Crippen molar-refractivity contribution in [3.63, 3.8) is 0 Å². The Kier molecular flexibility index (Phi) is 3.81. The fourth-order valence-corrected chi connectivity index (χ4v) is 2.21.